The van der Waals surface area contributed by atoms with Gasteiger partial charge in [-0.05, 0) is 46.6 Å². The third kappa shape index (κ3) is 12.0. The molecule has 0 radical (unpaired) electrons. The normalized spacial score (nSPS) is 13.3. The van der Waals surface area contributed by atoms with Gasteiger partial charge in [0.05, 0.1) is 6.10 Å². The second kappa shape index (κ2) is 11.4. The SMILES string of the molecule is CCCCCC(C)NCCCCOC(C)C. The van der Waals surface area contributed by atoms with Gasteiger partial charge in [-0.2, -0.15) is 0 Å². The number of ether oxygens (including phenoxy) is 1. The molecule has 0 rings (SSSR count). The van der Waals surface area contributed by atoms with Gasteiger partial charge in [0.25, 0.3) is 0 Å². The summed E-state index contributed by atoms with van der Waals surface area (Å²) < 4.78 is 5.50. The summed E-state index contributed by atoms with van der Waals surface area (Å²) in [5.41, 5.74) is 0. The topological polar surface area (TPSA) is 21.3 Å². The molecule has 0 bridgehead atoms. The third-order valence-electron chi connectivity index (χ3n) is 2.76. The average molecular weight is 229 g/mol. The largest absolute Gasteiger partial charge is 0.379 e. The summed E-state index contributed by atoms with van der Waals surface area (Å²) >= 11 is 0. The van der Waals surface area contributed by atoms with E-state index in [2.05, 4.69) is 33.0 Å². The van der Waals surface area contributed by atoms with E-state index >= 15 is 0 Å². The van der Waals surface area contributed by atoms with Crippen molar-refractivity contribution in [2.45, 2.75) is 78.4 Å². The molecule has 0 aromatic rings. The number of hydrogen-bond acceptors (Lipinski definition) is 2. The molecule has 0 aliphatic heterocycles. The highest BCUT2D eigenvalue weighted by molar-refractivity contribution is 4.60. The van der Waals surface area contributed by atoms with E-state index in [1.54, 1.807) is 0 Å². The molecule has 1 atom stereocenters. The van der Waals surface area contributed by atoms with Crippen molar-refractivity contribution >= 4 is 0 Å². The maximum Gasteiger partial charge on any atom is 0.0518 e. The van der Waals surface area contributed by atoms with Gasteiger partial charge in [-0.1, -0.05) is 26.2 Å². The van der Waals surface area contributed by atoms with Gasteiger partial charge in [-0.25, -0.2) is 0 Å². The zero-order chi connectivity index (χ0) is 12.2. The van der Waals surface area contributed by atoms with E-state index in [4.69, 9.17) is 4.74 Å². The number of rotatable bonds is 11. The van der Waals surface area contributed by atoms with Crippen molar-refractivity contribution in [2.75, 3.05) is 13.2 Å². The third-order valence-corrected chi connectivity index (χ3v) is 2.76. The molecule has 2 nitrogen and oxygen atoms in total. The van der Waals surface area contributed by atoms with Gasteiger partial charge in [0.1, 0.15) is 0 Å². The fourth-order valence-corrected chi connectivity index (χ4v) is 1.70. The quantitative estimate of drug-likeness (QED) is 0.545. The molecule has 16 heavy (non-hydrogen) atoms. The lowest BCUT2D eigenvalue weighted by atomic mass is 10.1. The average Bonchev–Trinajstić information content (AvgIpc) is 2.23. The molecule has 0 aromatic carbocycles. The van der Waals surface area contributed by atoms with E-state index in [0.29, 0.717) is 12.1 Å². The zero-order valence-corrected chi connectivity index (χ0v) is 11.7. The molecule has 0 aliphatic carbocycles. The molecule has 1 N–H and O–H groups in total. The Morgan fingerprint density at radius 3 is 2.38 bits per heavy atom. The summed E-state index contributed by atoms with van der Waals surface area (Å²) in [6, 6.07) is 0.678. The van der Waals surface area contributed by atoms with Crippen LogP contribution in [0.25, 0.3) is 0 Å². The molecule has 0 spiro atoms. The zero-order valence-electron chi connectivity index (χ0n) is 11.7. The number of unbranched alkanes of at least 4 members (excludes halogenated alkanes) is 3. The van der Waals surface area contributed by atoms with Gasteiger partial charge in [0, 0.05) is 12.6 Å². The predicted octanol–water partition coefficient (Wildman–Crippen LogP) is 3.75. The lowest BCUT2D eigenvalue weighted by molar-refractivity contribution is 0.0759. The number of hydrogen-bond donors (Lipinski definition) is 1. The second-order valence-corrected chi connectivity index (χ2v) is 4.98. The van der Waals surface area contributed by atoms with Crippen molar-refractivity contribution in [3.63, 3.8) is 0 Å². The Kier molecular flexibility index (Phi) is 11.3. The van der Waals surface area contributed by atoms with E-state index in [0.717, 1.165) is 13.2 Å². The van der Waals surface area contributed by atoms with Gasteiger partial charge in [0.15, 0.2) is 0 Å². The fraction of sp³-hybridized carbons (Fsp3) is 1.00. The van der Waals surface area contributed by atoms with Crippen LogP contribution in [0.15, 0.2) is 0 Å². The van der Waals surface area contributed by atoms with Gasteiger partial charge >= 0.3 is 0 Å². The molecule has 98 valence electrons. The Bertz CT molecular complexity index is 137. The smallest absolute Gasteiger partial charge is 0.0518 e. The van der Waals surface area contributed by atoms with Gasteiger partial charge in [-0.3, -0.25) is 0 Å². The maximum absolute atomic E-state index is 5.50. The van der Waals surface area contributed by atoms with Crippen molar-refractivity contribution in [3.8, 4) is 0 Å². The molecular weight excluding hydrogens is 198 g/mol. The summed E-state index contributed by atoms with van der Waals surface area (Å²) in [5.74, 6) is 0. The monoisotopic (exact) mass is 229 g/mol. The first kappa shape index (κ1) is 15.9. The van der Waals surface area contributed by atoms with Crippen molar-refractivity contribution in [3.05, 3.63) is 0 Å². The van der Waals surface area contributed by atoms with Crippen LogP contribution in [-0.4, -0.2) is 25.3 Å². The first-order valence-electron chi connectivity index (χ1n) is 7.01. The molecule has 0 amide bonds. The van der Waals surface area contributed by atoms with Crippen molar-refractivity contribution in [2.24, 2.45) is 0 Å². The van der Waals surface area contributed by atoms with E-state index < -0.39 is 0 Å². The minimum absolute atomic E-state index is 0.376. The van der Waals surface area contributed by atoms with Gasteiger partial charge in [-0.15, -0.1) is 0 Å². The summed E-state index contributed by atoms with van der Waals surface area (Å²) in [7, 11) is 0. The van der Waals surface area contributed by atoms with Crippen molar-refractivity contribution in [1.29, 1.82) is 0 Å². The summed E-state index contributed by atoms with van der Waals surface area (Å²) in [6.07, 6.45) is 8.14. The van der Waals surface area contributed by atoms with E-state index in [-0.39, 0.29) is 0 Å². The van der Waals surface area contributed by atoms with Crippen LogP contribution in [0.5, 0.6) is 0 Å². The van der Waals surface area contributed by atoms with Gasteiger partial charge in [0.2, 0.25) is 0 Å². The second-order valence-electron chi connectivity index (χ2n) is 4.98. The highest BCUT2D eigenvalue weighted by Crippen LogP contribution is 2.03. The number of nitrogens with one attached hydrogen (secondary N) is 1. The molecule has 0 aromatic heterocycles. The van der Waals surface area contributed by atoms with E-state index in [9.17, 15) is 0 Å². The van der Waals surface area contributed by atoms with E-state index in [1.807, 2.05) is 0 Å². The Balaban J connectivity index is 3.12. The highest BCUT2D eigenvalue weighted by Gasteiger charge is 2.00. The predicted molar refractivity (Wildman–Crippen MR) is 71.9 cm³/mol. The summed E-state index contributed by atoms with van der Waals surface area (Å²) in [6.45, 7) is 10.8. The molecule has 1 unspecified atom stereocenters. The standard InChI is InChI=1S/C14H31NO/c1-5-6-7-10-14(4)15-11-8-9-12-16-13(2)3/h13-15H,5-12H2,1-4H3. The minimum Gasteiger partial charge on any atom is -0.379 e. The molecule has 2 heteroatoms. The fourth-order valence-electron chi connectivity index (χ4n) is 1.70. The lowest BCUT2D eigenvalue weighted by Gasteiger charge is -2.13. The molecular formula is C14H31NO. The molecule has 0 saturated carbocycles. The van der Waals surface area contributed by atoms with Crippen LogP contribution in [0.1, 0.15) is 66.2 Å². The summed E-state index contributed by atoms with van der Waals surface area (Å²) in [5, 5.41) is 3.57. The minimum atomic E-state index is 0.376. The van der Waals surface area contributed by atoms with Crippen LogP contribution in [0.2, 0.25) is 0 Å². The van der Waals surface area contributed by atoms with Crippen LogP contribution < -0.4 is 5.32 Å². The van der Waals surface area contributed by atoms with Crippen LogP contribution >= 0.6 is 0 Å². The van der Waals surface area contributed by atoms with Crippen LogP contribution in [0.4, 0.5) is 0 Å². The maximum atomic E-state index is 5.50. The Hall–Kier alpha value is -0.0800. The lowest BCUT2D eigenvalue weighted by Crippen LogP contribution is -2.27. The van der Waals surface area contributed by atoms with Gasteiger partial charge < -0.3 is 10.1 Å². The summed E-state index contributed by atoms with van der Waals surface area (Å²) in [4.78, 5) is 0. The Labute approximate surface area is 102 Å². The first-order chi connectivity index (χ1) is 7.66. The highest BCUT2D eigenvalue weighted by atomic mass is 16.5. The first-order valence-corrected chi connectivity index (χ1v) is 7.01. The van der Waals surface area contributed by atoms with Crippen molar-refractivity contribution < 1.29 is 4.74 Å². The van der Waals surface area contributed by atoms with Crippen LogP contribution in [0.3, 0.4) is 0 Å². The molecule has 0 heterocycles. The molecule has 0 aliphatic rings. The molecule has 0 saturated heterocycles. The van der Waals surface area contributed by atoms with Crippen LogP contribution in [0, 0.1) is 0 Å². The van der Waals surface area contributed by atoms with E-state index in [1.165, 1.54) is 38.5 Å². The Morgan fingerprint density at radius 1 is 1.00 bits per heavy atom. The Morgan fingerprint density at radius 2 is 1.75 bits per heavy atom. The van der Waals surface area contributed by atoms with Crippen LogP contribution in [-0.2, 0) is 4.74 Å². The van der Waals surface area contributed by atoms with Crippen molar-refractivity contribution in [1.82, 2.24) is 5.32 Å². The molecule has 0 fully saturated rings.